The van der Waals surface area contributed by atoms with Gasteiger partial charge in [-0.15, -0.1) is 35.3 Å². The molecule has 1 unspecified atom stereocenters. The van der Waals surface area contributed by atoms with Gasteiger partial charge in [0.2, 0.25) is 0 Å². The molecule has 0 saturated heterocycles. The number of fused-ring (bicyclic) bond motifs is 2. The Hall–Kier alpha value is -2.17. The van der Waals surface area contributed by atoms with Gasteiger partial charge in [0.25, 0.3) is 0 Å². The molecule has 2 aromatic carbocycles. The van der Waals surface area contributed by atoms with Crippen molar-refractivity contribution in [3.63, 3.8) is 0 Å². The molecule has 0 spiro atoms. The van der Waals surface area contributed by atoms with Crippen LogP contribution in [0.1, 0.15) is 16.8 Å². The molecular weight excluding hydrogens is 497 g/mol. The molecular formula is C21H24IN5OS. The van der Waals surface area contributed by atoms with Crippen LogP contribution in [-0.2, 0) is 6.42 Å². The first-order valence-electron chi connectivity index (χ1n) is 9.27. The van der Waals surface area contributed by atoms with Gasteiger partial charge in [0.1, 0.15) is 11.9 Å². The second-order valence-electron chi connectivity index (χ2n) is 6.53. The highest BCUT2D eigenvalue weighted by Gasteiger charge is 2.12. The van der Waals surface area contributed by atoms with E-state index in [-0.39, 0.29) is 24.0 Å². The monoisotopic (exact) mass is 521 g/mol. The Morgan fingerprint density at radius 1 is 1.17 bits per heavy atom. The minimum Gasteiger partial charge on any atom is -0.386 e. The van der Waals surface area contributed by atoms with Crippen molar-refractivity contribution in [1.82, 2.24) is 20.6 Å². The zero-order valence-electron chi connectivity index (χ0n) is 16.1. The first-order valence-corrected chi connectivity index (χ1v) is 10.1. The molecule has 2 aromatic heterocycles. The Balaban J connectivity index is 0.00000240. The van der Waals surface area contributed by atoms with Crippen molar-refractivity contribution < 1.29 is 5.11 Å². The summed E-state index contributed by atoms with van der Waals surface area (Å²) in [4.78, 5) is 13.1. The first-order chi connectivity index (χ1) is 13.7. The lowest BCUT2D eigenvalue weighted by molar-refractivity contribution is 0.184. The van der Waals surface area contributed by atoms with Crippen molar-refractivity contribution in [2.24, 2.45) is 4.99 Å². The summed E-state index contributed by atoms with van der Waals surface area (Å²) in [5.41, 5.74) is 2.03. The molecule has 6 nitrogen and oxygen atoms in total. The number of aromatic amines is 1. The molecule has 4 aromatic rings. The number of aliphatic hydroxyl groups excluding tert-OH is 1. The van der Waals surface area contributed by atoms with E-state index in [2.05, 4.69) is 37.7 Å². The van der Waals surface area contributed by atoms with Crippen LogP contribution in [0.4, 0.5) is 0 Å². The van der Waals surface area contributed by atoms with Gasteiger partial charge in [-0.1, -0.05) is 30.3 Å². The van der Waals surface area contributed by atoms with Gasteiger partial charge in [0, 0.05) is 36.1 Å². The third kappa shape index (κ3) is 5.26. The SMILES string of the molecule is CN=C(NCCc1nc2ccccc2[nH]1)NCC(O)c1cc2ccccc2s1.I. The number of nitrogens with zero attached hydrogens (tertiary/aromatic N) is 2. The van der Waals surface area contributed by atoms with Crippen LogP contribution in [0.2, 0.25) is 0 Å². The fourth-order valence-electron chi connectivity index (χ4n) is 3.10. The van der Waals surface area contributed by atoms with E-state index in [0.717, 1.165) is 33.5 Å². The number of aromatic nitrogens is 2. The number of aliphatic imine (C=N–C) groups is 1. The third-order valence-electron chi connectivity index (χ3n) is 4.55. The quantitative estimate of drug-likeness (QED) is 0.177. The Morgan fingerprint density at radius 2 is 1.97 bits per heavy atom. The van der Waals surface area contributed by atoms with Crippen LogP contribution in [0.3, 0.4) is 0 Å². The van der Waals surface area contributed by atoms with Crippen molar-refractivity contribution in [3.8, 4) is 0 Å². The third-order valence-corrected chi connectivity index (χ3v) is 5.77. The van der Waals surface area contributed by atoms with Gasteiger partial charge < -0.3 is 20.7 Å². The number of hydrogen-bond donors (Lipinski definition) is 4. The number of thiophene rings is 1. The molecule has 29 heavy (non-hydrogen) atoms. The molecule has 0 aliphatic carbocycles. The van der Waals surface area contributed by atoms with Crippen LogP contribution < -0.4 is 10.6 Å². The summed E-state index contributed by atoms with van der Waals surface area (Å²) < 4.78 is 1.19. The van der Waals surface area contributed by atoms with Crippen LogP contribution in [0.25, 0.3) is 21.1 Å². The van der Waals surface area contributed by atoms with E-state index in [1.165, 1.54) is 4.70 Å². The van der Waals surface area contributed by atoms with Crippen molar-refractivity contribution >= 4 is 62.4 Å². The second-order valence-corrected chi connectivity index (χ2v) is 7.65. The number of nitrogens with one attached hydrogen (secondary N) is 3. The topological polar surface area (TPSA) is 85.3 Å². The van der Waals surface area contributed by atoms with E-state index in [1.807, 2.05) is 42.5 Å². The molecule has 0 aliphatic rings. The van der Waals surface area contributed by atoms with E-state index in [0.29, 0.717) is 19.0 Å². The lowest BCUT2D eigenvalue weighted by Gasteiger charge is -2.14. The van der Waals surface area contributed by atoms with Crippen molar-refractivity contribution in [1.29, 1.82) is 0 Å². The van der Waals surface area contributed by atoms with Crippen LogP contribution in [-0.4, -0.2) is 41.2 Å². The number of benzene rings is 2. The number of H-pyrrole nitrogens is 1. The highest BCUT2D eigenvalue weighted by Crippen LogP contribution is 2.29. The number of rotatable bonds is 6. The Morgan fingerprint density at radius 3 is 2.76 bits per heavy atom. The maximum atomic E-state index is 10.5. The summed E-state index contributed by atoms with van der Waals surface area (Å²) in [7, 11) is 1.72. The summed E-state index contributed by atoms with van der Waals surface area (Å²) in [5, 5.41) is 18.1. The molecule has 0 saturated carbocycles. The van der Waals surface area contributed by atoms with Crippen LogP contribution in [0.15, 0.2) is 59.6 Å². The summed E-state index contributed by atoms with van der Waals surface area (Å²) in [6.45, 7) is 1.09. The normalized spacial score (nSPS) is 12.7. The fraction of sp³-hybridized carbons (Fsp3) is 0.238. The lowest BCUT2D eigenvalue weighted by atomic mass is 10.2. The molecule has 4 rings (SSSR count). The minimum atomic E-state index is -0.577. The summed E-state index contributed by atoms with van der Waals surface area (Å²) >= 11 is 1.62. The zero-order valence-corrected chi connectivity index (χ0v) is 19.2. The molecule has 152 valence electrons. The number of imidazole rings is 1. The minimum absolute atomic E-state index is 0. The van der Waals surface area contributed by atoms with Crippen molar-refractivity contribution in [2.75, 3.05) is 20.1 Å². The van der Waals surface area contributed by atoms with Gasteiger partial charge in [-0.05, 0) is 29.7 Å². The van der Waals surface area contributed by atoms with Crippen LogP contribution >= 0.6 is 35.3 Å². The molecule has 0 radical (unpaired) electrons. The highest BCUT2D eigenvalue weighted by molar-refractivity contribution is 14.0. The second kappa shape index (κ2) is 10.0. The zero-order chi connectivity index (χ0) is 19.3. The maximum absolute atomic E-state index is 10.5. The number of aliphatic hydroxyl groups is 1. The van der Waals surface area contributed by atoms with E-state index in [4.69, 9.17) is 0 Å². The lowest BCUT2D eigenvalue weighted by Crippen LogP contribution is -2.40. The Labute approximate surface area is 190 Å². The Bertz CT molecular complexity index is 1040. The standard InChI is InChI=1S/C21H23N5OS.HI/c1-22-21(23-11-10-20-25-15-7-3-4-8-16(15)26-20)24-13-17(27)19-12-14-6-2-5-9-18(14)28-19;/h2-9,12,17,27H,10-11,13H2,1H3,(H,25,26)(H2,22,23,24);1H. The molecule has 0 amide bonds. The number of guanidine groups is 1. The van der Waals surface area contributed by atoms with Gasteiger partial charge in [-0.3, -0.25) is 4.99 Å². The smallest absolute Gasteiger partial charge is 0.191 e. The molecule has 0 aliphatic heterocycles. The van der Waals surface area contributed by atoms with Gasteiger partial charge in [-0.2, -0.15) is 0 Å². The van der Waals surface area contributed by atoms with E-state index in [1.54, 1.807) is 18.4 Å². The van der Waals surface area contributed by atoms with E-state index >= 15 is 0 Å². The molecule has 4 N–H and O–H groups in total. The van der Waals surface area contributed by atoms with E-state index in [9.17, 15) is 5.11 Å². The number of para-hydroxylation sites is 2. The predicted octanol–water partition coefficient (Wildman–Crippen LogP) is 3.84. The van der Waals surface area contributed by atoms with Gasteiger partial charge in [-0.25, -0.2) is 4.98 Å². The fourth-order valence-corrected chi connectivity index (χ4v) is 4.16. The van der Waals surface area contributed by atoms with Crippen LogP contribution in [0, 0.1) is 0 Å². The van der Waals surface area contributed by atoms with Crippen molar-refractivity contribution in [3.05, 3.63) is 65.3 Å². The van der Waals surface area contributed by atoms with Gasteiger partial charge in [0.15, 0.2) is 5.96 Å². The van der Waals surface area contributed by atoms with Gasteiger partial charge in [0.05, 0.1) is 11.0 Å². The molecule has 8 heteroatoms. The average Bonchev–Trinajstić information content (AvgIpc) is 3.33. The maximum Gasteiger partial charge on any atom is 0.191 e. The van der Waals surface area contributed by atoms with Gasteiger partial charge >= 0.3 is 0 Å². The molecule has 2 heterocycles. The van der Waals surface area contributed by atoms with E-state index < -0.39 is 6.10 Å². The summed E-state index contributed by atoms with van der Waals surface area (Å²) in [6.07, 6.45) is 0.181. The molecule has 1 atom stereocenters. The molecule has 0 fully saturated rings. The van der Waals surface area contributed by atoms with Crippen molar-refractivity contribution in [2.45, 2.75) is 12.5 Å². The number of hydrogen-bond acceptors (Lipinski definition) is 4. The highest BCUT2D eigenvalue weighted by atomic mass is 127. The summed E-state index contributed by atoms with van der Waals surface area (Å²) in [6, 6.07) is 18.2. The summed E-state index contributed by atoms with van der Waals surface area (Å²) in [5.74, 6) is 1.60. The van der Waals surface area contributed by atoms with Crippen LogP contribution in [0.5, 0.6) is 0 Å². The Kier molecular flexibility index (Phi) is 7.45. The molecule has 0 bridgehead atoms. The predicted molar refractivity (Wildman–Crippen MR) is 131 cm³/mol. The first kappa shape index (κ1) is 21.5. The number of halogens is 1. The largest absolute Gasteiger partial charge is 0.386 e. The average molecular weight is 521 g/mol.